The minimum absolute atomic E-state index is 0.0400. The maximum absolute atomic E-state index is 14.2. The van der Waals surface area contributed by atoms with Gasteiger partial charge in [-0.05, 0) is 81.7 Å². The standard InChI is InChI=1S/C30H41FN4O4S/c1-23-11-13-28(14-12-23)40(37,38)35-27(9-6-10-29(35)24-7-5-8-25(31)21-24)22-39-30(36)33-19-15-26(16-20-33)32-34-17-3-2-4-18-34/h5,7-8,11-14,21,26-27,29,32H,2-4,6,9-10,15-20,22H2,1H3/t27-,29+/m1/s1. The van der Waals surface area contributed by atoms with Gasteiger partial charge in [-0.1, -0.05) is 36.2 Å². The number of rotatable bonds is 7. The Balaban J connectivity index is 1.26. The van der Waals surface area contributed by atoms with Gasteiger partial charge in [0, 0.05) is 32.2 Å². The molecule has 0 bridgehead atoms. The van der Waals surface area contributed by atoms with Crippen LogP contribution in [0, 0.1) is 12.7 Å². The van der Waals surface area contributed by atoms with Crippen LogP contribution >= 0.6 is 0 Å². The first-order chi connectivity index (χ1) is 19.3. The average Bonchev–Trinajstić information content (AvgIpc) is 2.97. The van der Waals surface area contributed by atoms with Crippen LogP contribution in [0.1, 0.15) is 68.5 Å². The minimum atomic E-state index is -3.94. The quantitative estimate of drug-likeness (QED) is 0.502. The molecule has 3 saturated heterocycles. The second kappa shape index (κ2) is 13.0. The Morgan fingerprint density at radius 3 is 2.38 bits per heavy atom. The number of likely N-dealkylation sites (tertiary alicyclic amines) is 1. The van der Waals surface area contributed by atoms with Gasteiger partial charge in [0.2, 0.25) is 10.0 Å². The predicted molar refractivity (Wildman–Crippen MR) is 151 cm³/mol. The Kier molecular flexibility index (Phi) is 9.40. The summed E-state index contributed by atoms with van der Waals surface area (Å²) in [5.74, 6) is -0.406. The Hall–Kier alpha value is -2.53. The summed E-state index contributed by atoms with van der Waals surface area (Å²) in [7, 11) is -3.94. The third kappa shape index (κ3) is 6.84. The number of nitrogens with one attached hydrogen (secondary N) is 1. The van der Waals surface area contributed by atoms with E-state index in [1.54, 1.807) is 41.3 Å². The smallest absolute Gasteiger partial charge is 0.409 e. The second-order valence-electron chi connectivity index (χ2n) is 11.3. The number of amides is 1. The van der Waals surface area contributed by atoms with Crippen molar-refractivity contribution in [1.29, 1.82) is 0 Å². The van der Waals surface area contributed by atoms with Crippen LogP contribution in [0.2, 0.25) is 0 Å². The van der Waals surface area contributed by atoms with Crippen LogP contribution in [-0.4, -0.2) is 73.6 Å². The summed E-state index contributed by atoms with van der Waals surface area (Å²) in [4.78, 5) is 15.0. The molecule has 1 amide bonds. The fourth-order valence-corrected chi connectivity index (χ4v) is 8.01. The minimum Gasteiger partial charge on any atom is -0.448 e. The number of sulfonamides is 1. The first-order valence-electron chi connectivity index (χ1n) is 14.6. The molecule has 1 N–H and O–H groups in total. The van der Waals surface area contributed by atoms with E-state index >= 15 is 0 Å². The SMILES string of the molecule is Cc1ccc(S(=O)(=O)N2[C@@H](COC(=O)N3CCC(NN4CCCCC4)CC3)CCC[C@H]2c2cccc(F)c2)cc1. The fraction of sp³-hybridized carbons (Fsp3) is 0.567. The van der Waals surface area contributed by atoms with Crippen LogP contribution in [0.25, 0.3) is 0 Å². The fourth-order valence-electron chi connectivity index (χ4n) is 6.17. The number of ether oxygens (including phenoxy) is 1. The molecule has 3 fully saturated rings. The number of carbonyl (C=O) groups excluding carboxylic acids is 1. The van der Waals surface area contributed by atoms with Crippen molar-refractivity contribution in [2.75, 3.05) is 32.8 Å². The van der Waals surface area contributed by atoms with Gasteiger partial charge in [-0.15, -0.1) is 0 Å². The van der Waals surface area contributed by atoms with Crippen LogP contribution in [0.5, 0.6) is 0 Å². The zero-order valence-electron chi connectivity index (χ0n) is 23.3. The molecular weight excluding hydrogens is 531 g/mol. The van der Waals surface area contributed by atoms with Crippen molar-refractivity contribution < 1.29 is 22.3 Å². The van der Waals surface area contributed by atoms with Crippen molar-refractivity contribution in [2.45, 2.75) is 81.3 Å². The predicted octanol–water partition coefficient (Wildman–Crippen LogP) is 5.01. The highest BCUT2D eigenvalue weighted by molar-refractivity contribution is 7.89. The molecule has 2 atom stereocenters. The molecule has 0 radical (unpaired) electrons. The maximum atomic E-state index is 14.2. The van der Waals surface area contributed by atoms with E-state index in [9.17, 15) is 17.6 Å². The van der Waals surface area contributed by atoms with E-state index in [4.69, 9.17) is 4.74 Å². The van der Waals surface area contributed by atoms with Crippen LogP contribution in [-0.2, 0) is 14.8 Å². The van der Waals surface area contributed by atoms with Crippen LogP contribution < -0.4 is 5.43 Å². The van der Waals surface area contributed by atoms with E-state index in [0.717, 1.165) is 37.9 Å². The number of halogens is 1. The van der Waals surface area contributed by atoms with E-state index in [1.165, 1.54) is 35.7 Å². The molecule has 0 aromatic heterocycles. The Morgan fingerprint density at radius 1 is 0.950 bits per heavy atom. The summed E-state index contributed by atoms with van der Waals surface area (Å²) in [6.45, 7) is 5.21. The largest absolute Gasteiger partial charge is 0.448 e. The van der Waals surface area contributed by atoms with Gasteiger partial charge in [0.25, 0.3) is 0 Å². The number of piperidine rings is 3. The van der Waals surface area contributed by atoms with Crippen molar-refractivity contribution in [3.63, 3.8) is 0 Å². The molecule has 40 heavy (non-hydrogen) atoms. The summed E-state index contributed by atoms with van der Waals surface area (Å²) < 4.78 is 49.4. The number of hydrogen-bond donors (Lipinski definition) is 1. The van der Waals surface area contributed by atoms with E-state index in [2.05, 4.69) is 10.4 Å². The Labute approximate surface area is 237 Å². The first-order valence-corrected chi connectivity index (χ1v) is 16.0. The average molecular weight is 573 g/mol. The Morgan fingerprint density at radius 2 is 1.68 bits per heavy atom. The number of benzene rings is 2. The van der Waals surface area contributed by atoms with Crippen molar-refractivity contribution in [3.8, 4) is 0 Å². The van der Waals surface area contributed by atoms with Crippen molar-refractivity contribution in [1.82, 2.24) is 19.6 Å². The molecule has 3 heterocycles. The highest BCUT2D eigenvalue weighted by Crippen LogP contribution is 2.39. The van der Waals surface area contributed by atoms with Gasteiger partial charge in [-0.25, -0.2) is 22.6 Å². The van der Waals surface area contributed by atoms with E-state index in [1.807, 2.05) is 6.92 Å². The molecule has 3 aliphatic rings. The first kappa shape index (κ1) is 29.0. The maximum Gasteiger partial charge on any atom is 0.409 e. The molecule has 5 rings (SSSR count). The zero-order chi connectivity index (χ0) is 28.1. The number of hydrazine groups is 1. The lowest BCUT2D eigenvalue weighted by Gasteiger charge is -2.41. The summed E-state index contributed by atoms with van der Waals surface area (Å²) >= 11 is 0. The van der Waals surface area contributed by atoms with Crippen molar-refractivity contribution >= 4 is 16.1 Å². The molecule has 218 valence electrons. The van der Waals surface area contributed by atoms with Crippen molar-refractivity contribution in [2.24, 2.45) is 0 Å². The third-order valence-electron chi connectivity index (χ3n) is 8.39. The molecule has 0 spiro atoms. The number of aryl methyl sites for hydroxylation is 1. The summed E-state index contributed by atoms with van der Waals surface area (Å²) in [5, 5.41) is 2.31. The molecule has 0 saturated carbocycles. The van der Waals surface area contributed by atoms with Gasteiger partial charge in [-0.2, -0.15) is 4.31 Å². The highest BCUT2D eigenvalue weighted by atomic mass is 32.2. The lowest BCUT2D eigenvalue weighted by atomic mass is 9.93. The number of nitrogens with zero attached hydrogens (tertiary/aromatic N) is 3. The highest BCUT2D eigenvalue weighted by Gasteiger charge is 2.41. The van der Waals surface area contributed by atoms with Gasteiger partial charge in [0.15, 0.2) is 0 Å². The van der Waals surface area contributed by atoms with Gasteiger partial charge in [0.05, 0.1) is 17.0 Å². The summed E-state index contributed by atoms with van der Waals surface area (Å²) in [6, 6.07) is 12.1. The van der Waals surface area contributed by atoms with Crippen LogP contribution in [0.4, 0.5) is 9.18 Å². The summed E-state index contributed by atoms with van der Waals surface area (Å²) in [6.07, 6.45) is 6.90. The van der Waals surface area contributed by atoms with Gasteiger partial charge in [-0.3, -0.25) is 5.43 Å². The monoisotopic (exact) mass is 572 g/mol. The zero-order valence-corrected chi connectivity index (χ0v) is 24.1. The molecule has 2 aromatic carbocycles. The van der Waals surface area contributed by atoms with Gasteiger partial charge in [0.1, 0.15) is 12.4 Å². The van der Waals surface area contributed by atoms with E-state index in [-0.39, 0.29) is 11.5 Å². The lowest BCUT2D eigenvalue weighted by molar-refractivity contribution is 0.0488. The second-order valence-corrected chi connectivity index (χ2v) is 13.2. The molecule has 10 heteroatoms. The lowest BCUT2D eigenvalue weighted by Crippen LogP contribution is -2.52. The van der Waals surface area contributed by atoms with Crippen LogP contribution in [0.15, 0.2) is 53.4 Å². The molecule has 0 aliphatic carbocycles. The molecule has 2 aromatic rings. The topological polar surface area (TPSA) is 82.2 Å². The number of carbonyl (C=O) groups is 1. The van der Waals surface area contributed by atoms with Gasteiger partial charge < -0.3 is 9.64 Å². The van der Waals surface area contributed by atoms with E-state index < -0.39 is 34.0 Å². The Bertz CT molecular complexity index is 1240. The molecular formula is C30H41FN4O4S. The molecule has 0 unspecified atom stereocenters. The van der Waals surface area contributed by atoms with Gasteiger partial charge >= 0.3 is 6.09 Å². The molecule has 8 nitrogen and oxygen atoms in total. The van der Waals surface area contributed by atoms with Crippen LogP contribution in [0.3, 0.4) is 0 Å². The van der Waals surface area contributed by atoms with E-state index in [0.29, 0.717) is 37.5 Å². The molecule has 3 aliphatic heterocycles. The third-order valence-corrected chi connectivity index (χ3v) is 10.4. The summed E-state index contributed by atoms with van der Waals surface area (Å²) in [5.41, 5.74) is 5.19. The van der Waals surface area contributed by atoms with Crippen molar-refractivity contribution in [3.05, 3.63) is 65.5 Å². The number of hydrogen-bond acceptors (Lipinski definition) is 6. The normalized spacial score (nSPS) is 23.7.